The molecule has 1 saturated heterocycles. The van der Waals surface area contributed by atoms with Gasteiger partial charge in [-0.25, -0.2) is 13.8 Å². The molecule has 21 heavy (non-hydrogen) atoms. The first-order valence-electron chi connectivity index (χ1n) is 6.26. The minimum Gasteiger partial charge on any atom is -0.440 e. The first-order valence-corrected chi connectivity index (χ1v) is 7.79. The average molecular weight is 349 g/mol. The standard InChI is InChI=1S/C13H14Cl2N2O3S/c1-7(2)11-12(18)17(21-16-11)6-20-13(19)10-8(14)4-3-5-9(10)15/h3-5,7,11,16H,6H2,1-2H3. The van der Waals surface area contributed by atoms with Gasteiger partial charge in [-0.05, 0) is 18.1 Å². The van der Waals surface area contributed by atoms with Crippen LogP contribution in [0.3, 0.4) is 0 Å². The Morgan fingerprint density at radius 1 is 1.43 bits per heavy atom. The Hall–Kier alpha value is -0.950. The van der Waals surface area contributed by atoms with Gasteiger partial charge in [-0.15, -0.1) is 0 Å². The summed E-state index contributed by atoms with van der Waals surface area (Å²) >= 11 is 13.0. The van der Waals surface area contributed by atoms with Crippen molar-refractivity contribution in [2.75, 3.05) is 6.73 Å². The SMILES string of the molecule is CC(C)C1NSN(COC(=O)c2c(Cl)cccc2Cl)C1=O. The van der Waals surface area contributed by atoms with E-state index in [0.717, 1.165) is 12.1 Å². The number of nitrogens with zero attached hydrogens (tertiary/aromatic N) is 1. The monoisotopic (exact) mass is 348 g/mol. The van der Waals surface area contributed by atoms with Crippen molar-refractivity contribution in [3.05, 3.63) is 33.8 Å². The summed E-state index contributed by atoms with van der Waals surface area (Å²) in [6, 6.07) is 4.46. The molecule has 8 heteroatoms. The molecule has 1 heterocycles. The van der Waals surface area contributed by atoms with Crippen LogP contribution in [0.25, 0.3) is 0 Å². The highest BCUT2D eigenvalue weighted by Gasteiger charge is 2.35. The van der Waals surface area contributed by atoms with E-state index in [2.05, 4.69) is 4.72 Å². The molecule has 5 nitrogen and oxygen atoms in total. The maximum atomic E-state index is 12.0. The number of carbonyl (C=O) groups excluding carboxylic acids is 2. The molecule has 1 aromatic carbocycles. The molecule has 2 rings (SSSR count). The molecule has 0 aromatic heterocycles. The van der Waals surface area contributed by atoms with Crippen molar-refractivity contribution in [3.63, 3.8) is 0 Å². The van der Waals surface area contributed by atoms with Crippen LogP contribution in [0.1, 0.15) is 24.2 Å². The third-order valence-electron chi connectivity index (χ3n) is 2.95. The van der Waals surface area contributed by atoms with Crippen molar-refractivity contribution in [2.24, 2.45) is 5.92 Å². The van der Waals surface area contributed by atoms with E-state index in [0.29, 0.717) is 0 Å². The fraction of sp³-hybridized carbons (Fsp3) is 0.385. The average Bonchev–Trinajstić information content (AvgIpc) is 2.77. The van der Waals surface area contributed by atoms with Crippen LogP contribution >= 0.6 is 35.3 Å². The zero-order chi connectivity index (χ0) is 15.6. The molecule has 1 aliphatic rings. The second kappa shape index (κ2) is 6.87. The highest BCUT2D eigenvalue weighted by Crippen LogP contribution is 2.26. The van der Waals surface area contributed by atoms with Gasteiger partial charge in [0.2, 0.25) is 0 Å². The van der Waals surface area contributed by atoms with Crippen molar-refractivity contribution in [3.8, 4) is 0 Å². The van der Waals surface area contributed by atoms with Crippen LogP contribution in [0, 0.1) is 5.92 Å². The largest absolute Gasteiger partial charge is 0.440 e. The summed E-state index contributed by atoms with van der Waals surface area (Å²) in [6.07, 6.45) is 0. The molecule has 0 bridgehead atoms. The Morgan fingerprint density at radius 2 is 2.05 bits per heavy atom. The zero-order valence-electron chi connectivity index (χ0n) is 11.4. The summed E-state index contributed by atoms with van der Waals surface area (Å²) in [6.45, 7) is 3.71. The maximum Gasteiger partial charge on any atom is 0.342 e. The number of amides is 1. The van der Waals surface area contributed by atoms with Gasteiger partial charge in [-0.2, -0.15) is 0 Å². The van der Waals surface area contributed by atoms with Crippen LogP contribution in [0.5, 0.6) is 0 Å². The second-order valence-corrected chi connectivity index (χ2v) is 6.48. The minimum atomic E-state index is -0.660. The molecule has 0 radical (unpaired) electrons. The number of halogens is 2. The van der Waals surface area contributed by atoms with Crippen molar-refractivity contribution >= 4 is 47.2 Å². The number of benzene rings is 1. The Bertz CT molecular complexity index is 548. The van der Waals surface area contributed by atoms with E-state index in [4.69, 9.17) is 27.9 Å². The third kappa shape index (κ3) is 3.63. The van der Waals surface area contributed by atoms with Gasteiger partial charge in [0.1, 0.15) is 6.04 Å². The van der Waals surface area contributed by atoms with Gasteiger partial charge >= 0.3 is 5.97 Å². The molecule has 0 aliphatic carbocycles. The van der Waals surface area contributed by atoms with E-state index >= 15 is 0 Å². The molecular weight excluding hydrogens is 335 g/mol. The molecule has 114 valence electrons. The van der Waals surface area contributed by atoms with Crippen LogP contribution in [0.2, 0.25) is 10.0 Å². The molecule has 1 atom stereocenters. The van der Waals surface area contributed by atoms with Gasteiger partial charge in [-0.3, -0.25) is 4.79 Å². The number of carbonyl (C=O) groups is 2. The molecule has 1 amide bonds. The molecule has 0 spiro atoms. The van der Waals surface area contributed by atoms with E-state index in [1.54, 1.807) is 18.2 Å². The lowest BCUT2D eigenvalue weighted by atomic mass is 10.1. The third-order valence-corrected chi connectivity index (χ3v) is 4.44. The predicted octanol–water partition coefficient (Wildman–Crippen LogP) is 3.13. The van der Waals surface area contributed by atoms with Crippen molar-refractivity contribution < 1.29 is 14.3 Å². The summed E-state index contributed by atoms with van der Waals surface area (Å²) in [5.74, 6) is -0.622. The number of ether oxygens (including phenoxy) is 1. The highest BCUT2D eigenvalue weighted by molar-refractivity contribution is 7.96. The summed E-state index contributed by atoms with van der Waals surface area (Å²) in [5, 5.41) is 0.428. The predicted molar refractivity (Wildman–Crippen MR) is 82.9 cm³/mol. The fourth-order valence-electron chi connectivity index (χ4n) is 1.76. The van der Waals surface area contributed by atoms with E-state index in [-0.39, 0.29) is 40.2 Å². The van der Waals surface area contributed by atoms with Gasteiger partial charge in [0.15, 0.2) is 6.73 Å². The zero-order valence-corrected chi connectivity index (χ0v) is 13.8. The molecule has 0 saturated carbocycles. The van der Waals surface area contributed by atoms with Gasteiger partial charge in [0.05, 0.1) is 15.6 Å². The second-order valence-electron chi connectivity index (χ2n) is 4.81. The summed E-state index contributed by atoms with van der Waals surface area (Å²) in [7, 11) is 0. The number of nitrogens with one attached hydrogen (secondary N) is 1. The smallest absolute Gasteiger partial charge is 0.342 e. The normalized spacial score (nSPS) is 18.4. The van der Waals surface area contributed by atoms with Crippen LogP contribution in [-0.4, -0.2) is 29.0 Å². The molecule has 1 N–H and O–H groups in total. The Labute approximate surface area is 137 Å². The first-order chi connectivity index (χ1) is 9.91. The van der Waals surface area contributed by atoms with Crippen molar-refractivity contribution in [1.29, 1.82) is 0 Å². The summed E-state index contributed by atoms with van der Waals surface area (Å²) < 4.78 is 9.45. The van der Waals surface area contributed by atoms with Crippen molar-refractivity contribution in [1.82, 2.24) is 9.03 Å². The Balaban J connectivity index is 1.98. The van der Waals surface area contributed by atoms with Gasteiger partial charge < -0.3 is 4.74 Å². The van der Waals surface area contributed by atoms with Crippen LogP contribution in [0.4, 0.5) is 0 Å². The lowest BCUT2D eigenvalue weighted by Crippen LogP contribution is -2.35. The topological polar surface area (TPSA) is 58.6 Å². The number of rotatable bonds is 4. The van der Waals surface area contributed by atoms with Crippen LogP contribution in [0.15, 0.2) is 18.2 Å². The lowest BCUT2D eigenvalue weighted by molar-refractivity contribution is -0.129. The molecule has 1 aromatic rings. The van der Waals surface area contributed by atoms with Gasteiger partial charge in [0.25, 0.3) is 5.91 Å². The van der Waals surface area contributed by atoms with Gasteiger partial charge in [0, 0.05) is 12.1 Å². The van der Waals surface area contributed by atoms with E-state index < -0.39 is 5.97 Å². The van der Waals surface area contributed by atoms with Crippen molar-refractivity contribution in [2.45, 2.75) is 19.9 Å². The minimum absolute atomic E-state index is 0.103. The number of hydrogen-bond acceptors (Lipinski definition) is 5. The Kier molecular flexibility index (Phi) is 5.37. The lowest BCUT2D eigenvalue weighted by Gasteiger charge is -2.15. The molecular formula is C13H14Cl2N2O3S. The van der Waals surface area contributed by atoms with Crippen LogP contribution < -0.4 is 4.72 Å². The summed E-state index contributed by atoms with van der Waals surface area (Å²) in [5.41, 5.74) is 0.103. The molecule has 1 fully saturated rings. The number of esters is 1. The van der Waals surface area contributed by atoms with E-state index in [1.807, 2.05) is 13.8 Å². The fourth-order valence-corrected chi connectivity index (χ4v) is 3.24. The van der Waals surface area contributed by atoms with E-state index in [9.17, 15) is 9.59 Å². The Morgan fingerprint density at radius 3 is 2.57 bits per heavy atom. The molecule has 1 aliphatic heterocycles. The quantitative estimate of drug-likeness (QED) is 0.669. The molecule has 1 unspecified atom stereocenters. The van der Waals surface area contributed by atoms with E-state index in [1.165, 1.54) is 4.31 Å². The maximum absolute atomic E-state index is 12.0. The van der Waals surface area contributed by atoms with Gasteiger partial charge in [-0.1, -0.05) is 43.1 Å². The number of hydrogen-bond donors (Lipinski definition) is 1. The first kappa shape index (κ1) is 16.4. The van der Waals surface area contributed by atoms with Crippen LogP contribution in [-0.2, 0) is 9.53 Å². The highest BCUT2D eigenvalue weighted by atomic mass is 35.5. The summed E-state index contributed by atoms with van der Waals surface area (Å²) in [4.78, 5) is 24.0.